The van der Waals surface area contributed by atoms with E-state index in [-0.39, 0.29) is 30.6 Å². The molecule has 1 unspecified atom stereocenters. The van der Waals surface area contributed by atoms with E-state index in [1.807, 2.05) is 4.57 Å². The van der Waals surface area contributed by atoms with Crippen molar-refractivity contribution in [2.45, 2.75) is 31.3 Å². The molecule has 2 aromatic rings. The minimum Gasteiger partial charge on any atom is -0.406 e. The van der Waals surface area contributed by atoms with Gasteiger partial charge in [-0.25, -0.2) is 4.98 Å². The summed E-state index contributed by atoms with van der Waals surface area (Å²) in [6.07, 6.45) is 0.230. The second-order valence-electron chi connectivity index (χ2n) is 5.96. The Morgan fingerprint density at radius 2 is 1.92 bits per heavy atom. The number of nitrogens with zero attached hydrogens (tertiary/aromatic N) is 2. The number of nitrogens with one attached hydrogen (secondary N) is 1. The molecule has 5 nitrogen and oxygen atoms in total. The van der Waals surface area contributed by atoms with Crippen LogP contribution in [-0.2, 0) is 6.54 Å². The summed E-state index contributed by atoms with van der Waals surface area (Å²) in [4.78, 5) is 4.26. The standard InChI is InChI=1S/C16H18F3N3O2.2ClH/c17-16(18,19)24-13-4-2-12(3-5-13)14-21-8-9-22(14)11-15(23)6-1-7-20-10-15;;/h2-5,8-9,20,23H,1,6-7,10-11H2;2*1H. The summed E-state index contributed by atoms with van der Waals surface area (Å²) in [5, 5.41) is 13.8. The van der Waals surface area contributed by atoms with Gasteiger partial charge in [-0.2, -0.15) is 0 Å². The van der Waals surface area contributed by atoms with Crippen LogP contribution in [-0.4, -0.2) is 39.7 Å². The lowest BCUT2D eigenvalue weighted by atomic mass is 9.94. The number of hydrogen-bond donors (Lipinski definition) is 2. The number of alkyl halides is 3. The van der Waals surface area contributed by atoms with Crippen molar-refractivity contribution in [1.29, 1.82) is 0 Å². The van der Waals surface area contributed by atoms with Gasteiger partial charge in [0.2, 0.25) is 0 Å². The van der Waals surface area contributed by atoms with Crippen molar-refractivity contribution in [1.82, 2.24) is 14.9 Å². The van der Waals surface area contributed by atoms with E-state index < -0.39 is 12.0 Å². The summed E-state index contributed by atoms with van der Waals surface area (Å²) in [5.74, 6) is 0.312. The summed E-state index contributed by atoms with van der Waals surface area (Å²) < 4.78 is 42.3. The van der Waals surface area contributed by atoms with Gasteiger partial charge < -0.3 is 19.7 Å². The monoisotopic (exact) mass is 413 g/mol. The third-order valence-corrected chi connectivity index (χ3v) is 3.98. The van der Waals surface area contributed by atoms with Crippen LogP contribution in [0.5, 0.6) is 5.75 Å². The highest BCUT2D eigenvalue weighted by molar-refractivity contribution is 5.85. The van der Waals surface area contributed by atoms with Gasteiger partial charge in [0.05, 0.1) is 12.1 Å². The highest BCUT2D eigenvalue weighted by Gasteiger charge is 2.31. The number of ether oxygens (including phenoxy) is 1. The fourth-order valence-corrected chi connectivity index (χ4v) is 2.91. The quantitative estimate of drug-likeness (QED) is 0.806. The normalized spacial score (nSPS) is 20.0. The van der Waals surface area contributed by atoms with Crippen molar-refractivity contribution in [3.05, 3.63) is 36.7 Å². The molecule has 2 heterocycles. The van der Waals surface area contributed by atoms with E-state index in [0.717, 1.165) is 13.0 Å². The second kappa shape index (κ2) is 8.94. The highest BCUT2D eigenvalue weighted by Crippen LogP contribution is 2.27. The van der Waals surface area contributed by atoms with Crippen LogP contribution in [0, 0.1) is 0 Å². The molecular formula is C16H20Cl2F3N3O2. The molecule has 2 N–H and O–H groups in total. The van der Waals surface area contributed by atoms with Crippen LogP contribution in [0.15, 0.2) is 36.7 Å². The van der Waals surface area contributed by atoms with Crippen molar-refractivity contribution in [2.24, 2.45) is 0 Å². The molecular weight excluding hydrogens is 394 g/mol. The van der Waals surface area contributed by atoms with Crippen LogP contribution in [0.4, 0.5) is 13.2 Å². The zero-order valence-electron chi connectivity index (χ0n) is 13.7. The van der Waals surface area contributed by atoms with Crippen LogP contribution < -0.4 is 10.1 Å². The number of aliphatic hydroxyl groups is 1. The first-order valence-electron chi connectivity index (χ1n) is 7.65. The molecule has 10 heteroatoms. The maximum atomic E-state index is 12.2. The third kappa shape index (κ3) is 5.77. The van der Waals surface area contributed by atoms with E-state index in [2.05, 4.69) is 15.0 Å². The molecule has 1 aliphatic heterocycles. The Labute approximate surface area is 161 Å². The largest absolute Gasteiger partial charge is 0.573 e. The predicted octanol–water partition coefficient (Wildman–Crippen LogP) is 3.41. The Kier molecular flexibility index (Phi) is 7.76. The van der Waals surface area contributed by atoms with E-state index in [1.165, 1.54) is 24.3 Å². The number of halogens is 5. The zero-order valence-corrected chi connectivity index (χ0v) is 15.3. The highest BCUT2D eigenvalue weighted by atomic mass is 35.5. The van der Waals surface area contributed by atoms with Crippen LogP contribution in [0.1, 0.15) is 12.8 Å². The van der Waals surface area contributed by atoms with Crippen molar-refractivity contribution in [3.63, 3.8) is 0 Å². The predicted molar refractivity (Wildman–Crippen MR) is 95.9 cm³/mol. The van der Waals surface area contributed by atoms with Gasteiger partial charge in [0.25, 0.3) is 0 Å². The molecule has 1 aromatic carbocycles. The first-order chi connectivity index (χ1) is 11.3. The van der Waals surface area contributed by atoms with E-state index in [0.29, 0.717) is 30.9 Å². The molecule has 0 saturated carbocycles. The summed E-state index contributed by atoms with van der Waals surface area (Å²) in [6.45, 7) is 1.76. The fourth-order valence-electron chi connectivity index (χ4n) is 2.91. The smallest absolute Gasteiger partial charge is 0.406 e. The van der Waals surface area contributed by atoms with Crippen LogP contribution in [0.3, 0.4) is 0 Å². The maximum Gasteiger partial charge on any atom is 0.573 e. The lowest BCUT2D eigenvalue weighted by molar-refractivity contribution is -0.274. The van der Waals surface area contributed by atoms with Gasteiger partial charge in [-0.3, -0.25) is 0 Å². The number of benzene rings is 1. The van der Waals surface area contributed by atoms with Gasteiger partial charge in [-0.15, -0.1) is 38.0 Å². The number of aromatic nitrogens is 2. The Balaban J connectivity index is 0.00000169. The van der Waals surface area contributed by atoms with Gasteiger partial charge >= 0.3 is 6.36 Å². The molecule has 1 aliphatic rings. The van der Waals surface area contributed by atoms with E-state index in [9.17, 15) is 18.3 Å². The zero-order chi connectivity index (χ0) is 17.2. The molecule has 1 fully saturated rings. The van der Waals surface area contributed by atoms with Crippen LogP contribution >= 0.6 is 24.8 Å². The number of hydrogen-bond acceptors (Lipinski definition) is 4. The average molecular weight is 414 g/mol. The topological polar surface area (TPSA) is 59.3 Å². The fraction of sp³-hybridized carbons (Fsp3) is 0.438. The van der Waals surface area contributed by atoms with E-state index in [4.69, 9.17) is 0 Å². The molecule has 26 heavy (non-hydrogen) atoms. The number of piperidine rings is 1. The molecule has 0 amide bonds. The van der Waals surface area contributed by atoms with Gasteiger partial charge in [0.1, 0.15) is 11.6 Å². The van der Waals surface area contributed by atoms with Crippen molar-refractivity contribution in [2.75, 3.05) is 13.1 Å². The van der Waals surface area contributed by atoms with Crippen molar-refractivity contribution >= 4 is 24.8 Å². The average Bonchev–Trinajstić information content (AvgIpc) is 2.94. The molecule has 0 spiro atoms. The third-order valence-electron chi connectivity index (χ3n) is 3.98. The molecule has 3 rings (SSSR count). The molecule has 146 valence electrons. The van der Waals surface area contributed by atoms with Gasteiger partial charge in [0, 0.05) is 24.5 Å². The summed E-state index contributed by atoms with van der Waals surface area (Å²) >= 11 is 0. The summed E-state index contributed by atoms with van der Waals surface area (Å²) in [6, 6.07) is 5.53. The first kappa shape index (κ1) is 22.6. The van der Waals surface area contributed by atoms with Gasteiger partial charge in [0.15, 0.2) is 0 Å². The maximum absolute atomic E-state index is 12.2. The van der Waals surface area contributed by atoms with Gasteiger partial charge in [-0.1, -0.05) is 0 Å². The first-order valence-corrected chi connectivity index (χ1v) is 7.65. The Morgan fingerprint density at radius 1 is 1.23 bits per heavy atom. The number of imidazole rings is 1. The second-order valence-corrected chi connectivity index (χ2v) is 5.96. The van der Waals surface area contributed by atoms with E-state index in [1.54, 1.807) is 12.4 Å². The SMILES string of the molecule is Cl.Cl.OC1(Cn2ccnc2-c2ccc(OC(F)(F)F)cc2)CCCNC1. The Hall–Kier alpha value is -1.48. The minimum atomic E-state index is -4.71. The number of β-amino-alcohol motifs (C(OH)–C–C–N with tert-alkyl or cyclic N) is 1. The van der Waals surface area contributed by atoms with Crippen molar-refractivity contribution in [3.8, 4) is 17.1 Å². The minimum absolute atomic E-state index is 0. The summed E-state index contributed by atoms with van der Waals surface area (Å²) in [5.41, 5.74) is -0.200. The lowest BCUT2D eigenvalue weighted by Gasteiger charge is -2.33. The Morgan fingerprint density at radius 3 is 2.50 bits per heavy atom. The Bertz CT molecular complexity index is 687. The molecule has 0 radical (unpaired) electrons. The van der Waals surface area contributed by atoms with Crippen LogP contribution in [0.2, 0.25) is 0 Å². The summed E-state index contributed by atoms with van der Waals surface area (Å²) in [7, 11) is 0. The molecule has 1 aromatic heterocycles. The van der Waals surface area contributed by atoms with Gasteiger partial charge in [-0.05, 0) is 43.7 Å². The van der Waals surface area contributed by atoms with Crippen LogP contribution in [0.25, 0.3) is 11.4 Å². The van der Waals surface area contributed by atoms with Crippen molar-refractivity contribution < 1.29 is 23.0 Å². The number of rotatable bonds is 4. The lowest BCUT2D eigenvalue weighted by Crippen LogP contribution is -2.48. The molecule has 1 atom stereocenters. The van der Waals surface area contributed by atoms with E-state index >= 15 is 0 Å². The molecule has 0 aliphatic carbocycles. The molecule has 0 bridgehead atoms. The molecule has 1 saturated heterocycles.